The van der Waals surface area contributed by atoms with Crippen LogP contribution >= 0.6 is 11.6 Å². The summed E-state index contributed by atoms with van der Waals surface area (Å²) in [4.78, 5) is 24.5. The van der Waals surface area contributed by atoms with Crippen molar-refractivity contribution in [2.45, 2.75) is 38.7 Å². The van der Waals surface area contributed by atoms with E-state index in [-0.39, 0.29) is 28.4 Å². The van der Waals surface area contributed by atoms with Gasteiger partial charge in [-0.2, -0.15) is 0 Å². The second-order valence-corrected chi connectivity index (χ2v) is 6.01. The van der Waals surface area contributed by atoms with Crippen molar-refractivity contribution in [2.24, 2.45) is 0 Å². The number of esters is 1. The highest BCUT2D eigenvalue weighted by molar-refractivity contribution is 6.33. The number of fused-ring (bicyclic) bond motifs is 1. The van der Waals surface area contributed by atoms with E-state index in [0.717, 1.165) is 12.5 Å². The second kappa shape index (κ2) is 8.02. The molecule has 1 aliphatic rings. The van der Waals surface area contributed by atoms with Gasteiger partial charge in [-0.1, -0.05) is 29.8 Å². The molecule has 0 aliphatic carbocycles. The predicted octanol–water partition coefficient (Wildman–Crippen LogP) is 3.70. The van der Waals surface area contributed by atoms with Crippen molar-refractivity contribution in [3.05, 3.63) is 46.5 Å². The van der Waals surface area contributed by atoms with Crippen LogP contribution in [-0.2, 0) is 16.0 Å². The average molecular weight is 351 g/mol. The Morgan fingerprint density at radius 3 is 2.58 bits per heavy atom. The highest BCUT2D eigenvalue weighted by Gasteiger charge is 2.25. The molecule has 1 aromatic rings. The number of hydrogen-bond acceptors (Lipinski definition) is 5. The number of phenolic OH excluding ortho intramolecular Hbond substituents is 2. The first kappa shape index (κ1) is 18.1. The summed E-state index contributed by atoms with van der Waals surface area (Å²) in [5, 5.41) is 19.7. The Bertz CT molecular complexity index is 706. The Balaban J connectivity index is 2.49. The first-order chi connectivity index (χ1) is 11.4. The maximum Gasteiger partial charge on any atom is 0.342 e. The monoisotopic (exact) mass is 350 g/mol. The van der Waals surface area contributed by atoms with Gasteiger partial charge < -0.3 is 14.9 Å². The van der Waals surface area contributed by atoms with E-state index in [4.69, 9.17) is 16.3 Å². The quantitative estimate of drug-likeness (QED) is 0.550. The van der Waals surface area contributed by atoms with Crippen molar-refractivity contribution in [3.8, 4) is 11.5 Å². The largest absolute Gasteiger partial charge is 0.507 e. The summed E-state index contributed by atoms with van der Waals surface area (Å²) in [6.45, 7) is 1.73. The van der Waals surface area contributed by atoms with Crippen LogP contribution in [-0.4, -0.2) is 28.1 Å². The minimum atomic E-state index is -0.779. The fourth-order valence-electron chi connectivity index (χ4n) is 2.41. The third-order valence-electron chi connectivity index (χ3n) is 3.62. The molecule has 0 fully saturated rings. The normalized spacial score (nSPS) is 22.2. The summed E-state index contributed by atoms with van der Waals surface area (Å²) in [7, 11) is 0. The highest BCUT2D eigenvalue weighted by atomic mass is 35.5. The van der Waals surface area contributed by atoms with E-state index in [2.05, 4.69) is 0 Å². The van der Waals surface area contributed by atoms with Gasteiger partial charge in [0.25, 0.3) is 0 Å². The van der Waals surface area contributed by atoms with Crippen molar-refractivity contribution in [3.63, 3.8) is 0 Å². The van der Waals surface area contributed by atoms with Crippen LogP contribution in [0.3, 0.4) is 0 Å². The molecule has 2 rings (SSSR count). The van der Waals surface area contributed by atoms with E-state index in [1.807, 2.05) is 12.2 Å². The van der Waals surface area contributed by atoms with Crippen molar-refractivity contribution >= 4 is 23.4 Å². The van der Waals surface area contributed by atoms with Gasteiger partial charge in [-0.05, 0) is 25.8 Å². The zero-order valence-corrected chi connectivity index (χ0v) is 14.0. The van der Waals surface area contributed by atoms with Crippen LogP contribution in [0.2, 0.25) is 5.02 Å². The number of allylic oxidation sites excluding steroid dienone is 3. The van der Waals surface area contributed by atoms with Crippen LogP contribution in [0.5, 0.6) is 11.5 Å². The molecule has 1 atom stereocenters. The molecule has 0 amide bonds. The molecular weight excluding hydrogens is 332 g/mol. The standard InChI is InChI=1S/C18H19ClO5/c1-11-7-5-3-2-4-6-8-12(20)9-13-16(18(23)24-11)14(21)10-15(22)17(13)19/h3,5-6,8,10-11,21-22H,2,4,7,9H2,1H3/b5-3+,8-6+. The average Bonchev–Trinajstić information content (AvgIpc) is 2.50. The van der Waals surface area contributed by atoms with Gasteiger partial charge in [0.15, 0.2) is 5.78 Å². The van der Waals surface area contributed by atoms with Gasteiger partial charge in [-0.15, -0.1) is 0 Å². The molecule has 0 bridgehead atoms. The Morgan fingerprint density at radius 2 is 1.83 bits per heavy atom. The van der Waals surface area contributed by atoms with Gasteiger partial charge in [0.1, 0.15) is 23.2 Å². The van der Waals surface area contributed by atoms with Gasteiger partial charge in [0.05, 0.1) is 5.02 Å². The summed E-state index contributed by atoms with van der Waals surface area (Å²) in [6.07, 6.45) is 8.44. The predicted molar refractivity (Wildman–Crippen MR) is 90.5 cm³/mol. The molecular formula is C18H19ClO5. The summed E-state index contributed by atoms with van der Waals surface area (Å²) in [6, 6.07) is 0.969. The molecule has 24 heavy (non-hydrogen) atoms. The van der Waals surface area contributed by atoms with E-state index in [0.29, 0.717) is 12.8 Å². The van der Waals surface area contributed by atoms with E-state index in [1.54, 1.807) is 13.0 Å². The van der Waals surface area contributed by atoms with Crippen molar-refractivity contribution < 1.29 is 24.5 Å². The van der Waals surface area contributed by atoms with Crippen molar-refractivity contribution in [2.75, 3.05) is 0 Å². The minimum Gasteiger partial charge on any atom is -0.507 e. The molecule has 5 nitrogen and oxygen atoms in total. The number of carbonyl (C=O) groups excluding carboxylic acids is 2. The summed E-state index contributed by atoms with van der Waals surface area (Å²) < 4.78 is 5.31. The maximum absolute atomic E-state index is 12.4. The Labute approximate surface area is 145 Å². The van der Waals surface area contributed by atoms with Gasteiger partial charge in [0.2, 0.25) is 0 Å². The molecule has 1 heterocycles. The zero-order chi connectivity index (χ0) is 17.7. The first-order valence-corrected chi connectivity index (χ1v) is 8.06. The Hall–Kier alpha value is -2.27. The lowest BCUT2D eigenvalue weighted by Gasteiger charge is -2.16. The summed E-state index contributed by atoms with van der Waals surface area (Å²) >= 11 is 6.05. The Kier molecular flexibility index (Phi) is 6.04. The number of hydrogen-bond donors (Lipinski definition) is 2. The van der Waals surface area contributed by atoms with Crippen molar-refractivity contribution in [1.29, 1.82) is 0 Å². The number of carbonyl (C=O) groups is 2. The summed E-state index contributed by atoms with van der Waals surface area (Å²) in [5.41, 5.74) is -0.124. The highest BCUT2D eigenvalue weighted by Crippen LogP contribution is 2.37. The SMILES string of the molecule is CC1C/C=C/CC/C=C/C(=O)Cc2c(Cl)c(O)cc(O)c2C(=O)O1. The first-order valence-electron chi connectivity index (χ1n) is 7.68. The Morgan fingerprint density at radius 1 is 1.12 bits per heavy atom. The number of ether oxygens (including phenoxy) is 1. The third kappa shape index (κ3) is 4.38. The van der Waals surface area contributed by atoms with Crippen molar-refractivity contribution in [1.82, 2.24) is 0 Å². The maximum atomic E-state index is 12.4. The van der Waals surface area contributed by atoms with Gasteiger partial charge >= 0.3 is 5.97 Å². The molecule has 0 aromatic heterocycles. The van der Waals surface area contributed by atoms with Crippen LogP contribution in [0.15, 0.2) is 30.4 Å². The molecule has 1 aromatic carbocycles. The molecule has 0 saturated heterocycles. The molecule has 1 aliphatic heterocycles. The fourth-order valence-corrected chi connectivity index (χ4v) is 2.63. The molecule has 2 N–H and O–H groups in total. The van der Waals surface area contributed by atoms with Crippen LogP contribution in [0.25, 0.3) is 0 Å². The molecule has 0 spiro atoms. The number of halogens is 1. The number of aromatic hydroxyl groups is 2. The van der Waals surface area contributed by atoms with Crippen LogP contribution in [0.4, 0.5) is 0 Å². The molecule has 6 heteroatoms. The summed E-state index contributed by atoms with van der Waals surface area (Å²) in [5.74, 6) is -1.93. The number of cyclic esters (lactones) is 1. The van der Waals surface area contributed by atoms with Gasteiger partial charge in [0, 0.05) is 24.5 Å². The van der Waals surface area contributed by atoms with Gasteiger partial charge in [-0.3, -0.25) is 4.79 Å². The van der Waals surface area contributed by atoms with E-state index < -0.39 is 23.6 Å². The van der Waals surface area contributed by atoms with Crippen LogP contribution in [0.1, 0.15) is 42.1 Å². The van der Waals surface area contributed by atoms with E-state index in [9.17, 15) is 19.8 Å². The lowest BCUT2D eigenvalue weighted by molar-refractivity contribution is -0.114. The molecule has 0 saturated carbocycles. The van der Waals surface area contributed by atoms with Gasteiger partial charge in [-0.25, -0.2) is 4.79 Å². The number of benzene rings is 1. The molecule has 128 valence electrons. The fraction of sp³-hybridized carbons (Fsp3) is 0.333. The zero-order valence-electron chi connectivity index (χ0n) is 13.3. The van der Waals surface area contributed by atoms with Crippen LogP contribution < -0.4 is 0 Å². The third-order valence-corrected chi connectivity index (χ3v) is 4.04. The van der Waals surface area contributed by atoms with Crippen LogP contribution in [0, 0.1) is 0 Å². The number of phenols is 2. The molecule has 0 radical (unpaired) electrons. The van der Waals surface area contributed by atoms with E-state index >= 15 is 0 Å². The number of ketones is 1. The topological polar surface area (TPSA) is 83.8 Å². The molecule has 1 unspecified atom stereocenters. The smallest absolute Gasteiger partial charge is 0.342 e. The van der Waals surface area contributed by atoms with E-state index in [1.165, 1.54) is 6.08 Å². The second-order valence-electron chi connectivity index (χ2n) is 5.63. The minimum absolute atomic E-state index is 0.0635. The lowest BCUT2D eigenvalue weighted by Crippen LogP contribution is -2.17. The lowest BCUT2D eigenvalue weighted by atomic mass is 9.99. The number of rotatable bonds is 0.